The van der Waals surface area contributed by atoms with Gasteiger partial charge in [-0.1, -0.05) is 11.6 Å². The quantitative estimate of drug-likeness (QED) is 0.631. The molecule has 1 N–H and O–H groups in total. The summed E-state index contributed by atoms with van der Waals surface area (Å²) in [5, 5.41) is 3.51. The Bertz CT molecular complexity index is 796. The van der Waals surface area contributed by atoms with Gasteiger partial charge in [-0.15, -0.1) is 11.3 Å². The molecule has 0 spiro atoms. The number of hydrogen-bond acceptors (Lipinski definition) is 5. The van der Waals surface area contributed by atoms with Gasteiger partial charge in [0.1, 0.15) is 5.00 Å². The summed E-state index contributed by atoms with van der Waals surface area (Å²) in [6.07, 6.45) is 0. The van der Waals surface area contributed by atoms with Gasteiger partial charge in [0.25, 0.3) is 5.91 Å². The highest BCUT2D eigenvalue weighted by atomic mass is 35.5. The number of thiophene rings is 1. The molecular formula is C17H16ClNO4S. The molecule has 1 heterocycles. The van der Waals surface area contributed by atoms with E-state index < -0.39 is 11.9 Å². The molecule has 1 amide bonds. The molecule has 5 nitrogen and oxygen atoms in total. The summed E-state index contributed by atoms with van der Waals surface area (Å²) in [6.45, 7) is 4.97. The van der Waals surface area contributed by atoms with E-state index in [4.69, 9.17) is 16.3 Å². The third kappa shape index (κ3) is 3.83. The molecule has 1 aromatic heterocycles. The molecule has 2 rings (SSSR count). The molecule has 0 aliphatic heterocycles. The maximum atomic E-state index is 12.4. The number of benzene rings is 1. The minimum atomic E-state index is -0.565. The molecular weight excluding hydrogens is 350 g/mol. The Labute approximate surface area is 148 Å². The van der Waals surface area contributed by atoms with Gasteiger partial charge in [-0.05, 0) is 50.6 Å². The average molecular weight is 366 g/mol. The van der Waals surface area contributed by atoms with E-state index in [0.29, 0.717) is 26.0 Å². The first-order chi connectivity index (χ1) is 11.3. The lowest BCUT2D eigenvalue weighted by Crippen LogP contribution is -2.14. The Balaban J connectivity index is 2.39. The van der Waals surface area contributed by atoms with Gasteiger partial charge in [-0.2, -0.15) is 0 Å². The number of rotatable bonds is 5. The number of ether oxygens (including phenoxy) is 1. The van der Waals surface area contributed by atoms with Crippen molar-refractivity contribution in [3.63, 3.8) is 0 Å². The molecule has 0 atom stereocenters. The third-order valence-corrected chi connectivity index (χ3v) is 4.84. The van der Waals surface area contributed by atoms with Crippen LogP contribution >= 0.6 is 22.9 Å². The maximum absolute atomic E-state index is 12.4. The Morgan fingerprint density at radius 2 is 1.83 bits per heavy atom. The van der Waals surface area contributed by atoms with Gasteiger partial charge in [0.2, 0.25) is 0 Å². The standard InChI is InChI=1S/C17H16ClNO4S/c1-4-23-17(22)13-9(2)14(10(3)20)24-16(13)19-15(21)11-5-7-12(18)8-6-11/h5-8H,4H2,1-3H3,(H,19,21). The summed E-state index contributed by atoms with van der Waals surface area (Å²) in [5.41, 5.74) is 1.12. The highest BCUT2D eigenvalue weighted by Crippen LogP contribution is 2.34. The van der Waals surface area contributed by atoms with Crippen LogP contribution in [-0.4, -0.2) is 24.3 Å². The summed E-state index contributed by atoms with van der Waals surface area (Å²) in [5.74, 6) is -1.13. The summed E-state index contributed by atoms with van der Waals surface area (Å²) in [4.78, 5) is 36.7. The van der Waals surface area contributed by atoms with Crippen molar-refractivity contribution >= 4 is 45.6 Å². The monoisotopic (exact) mass is 365 g/mol. The van der Waals surface area contributed by atoms with Crippen LogP contribution in [0.1, 0.15) is 49.8 Å². The van der Waals surface area contributed by atoms with Crippen LogP contribution in [0.15, 0.2) is 24.3 Å². The second-order valence-corrected chi connectivity index (χ2v) is 6.46. The number of carbonyl (C=O) groups excluding carboxylic acids is 3. The predicted molar refractivity (Wildman–Crippen MR) is 94.4 cm³/mol. The van der Waals surface area contributed by atoms with E-state index in [-0.39, 0.29) is 18.0 Å². The van der Waals surface area contributed by atoms with Gasteiger partial charge < -0.3 is 10.1 Å². The van der Waals surface area contributed by atoms with Crippen molar-refractivity contribution in [2.45, 2.75) is 20.8 Å². The SMILES string of the molecule is CCOC(=O)c1c(NC(=O)c2ccc(Cl)cc2)sc(C(C)=O)c1C. The lowest BCUT2D eigenvalue weighted by Gasteiger charge is -2.07. The summed E-state index contributed by atoms with van der Waals surface area (Å²) >= 11 is 6.87. The summed E-state index contributed by atoms with van der Waals surface area (Å²) < 4.78 is 5.03. The van der Waals surface area contributed by atoms with Crippen molar-refractivity contribution < 1.29 is 19.1 Å². The van der Waals surface area contributed by atoms with E-state index >= 15 is 0 Å². The van der Waals surface area contributed by atoms with Gasteiger partial charge in [-0.25, -0.2) is 4.79 Å². The van der Waals surface area contributed by atoms with Crippen molar-refractivity contribution in [1.29, 1.82) is 0 Å². The molecule has 0 fully saturated rings. The molecule has 0 aliphatic rings. The molecule has 0 radical (unpaired) electrons. The smallest absolute Gasteiger partial charge is 0.341 e. The molecule has 0 saturated heterocycles. The average Bonchev–Trinajstić information content (AvgIpc) is 2.84. The zero-order valence-electron chi connectivity index (χ0n) is 13.4. The minimum absolute atomic E-state index is 0.171. The molecule has 7 heteroatoms. The first kappa shape index (κ1) is 18.2. The molecule has 1 aromatic carbocycles. The molecule has 0 bridgehead atoms. The Morgan fingerprint density at radius 3 is 2.38 bits per heavy atom. The lowest BCUT2D eigenvalue weighted by atomic mass is 10.1. The number of hydrogen-bond donors (Lipinski definition) is 1. The maximum Gasteiger partial charge on any atom is 0.341 e. The van der Waals surface area contributed by atoms with Crippen LogP contribution in [0.3, 0.4) is 0 Å². The van der Waals surface area contributed by atoms with Crippen molar-refractivity contribution in [2.75, 3.05) is 11.9 Å². The highest BCUT2D eigenvalue weighted by Gasteiger charge is 2.25. The van der Waals surface area contributed by atoms with Gasteiger partial charge >= 0.3 is 5.97 Å². The summed E-state index contributed by atoms with van der Waals surface area (Å²) in [6, 6.07) is 6.36. The van der Waals surface area contributed by atoms with Crippen molar-refractivity contribution in [3.8, 4) is 0 Å². The van der Waals surface area contributed by atoms with Crippen LogP contribution in [0.4, 0.5) is 5.00 Å². The van der Waals surface area contributed by atoms with Crippen molar-refractivity contribution in [1.82, 2.24) is 0 Å². The zero-order chi connectivity index (χ0) is 17.9. The number of halogens is 1. The number of ketones is 1. The Morgan fingerprint density at radius 1 is 1.21 bits per heavy atom. The molecule has 24 heavy (non-hydrogen) atoms. The van der Waals surface area contributed by atoms with E-state index in [9.17, 15) is 14.4 Å². The van der Waals surface area contributed by atoms with E-state index in [2.05, 4.69) is 5.32 Å². The Hall–Kier alpha value is -2.18. The third-order valence-electron chi connectivity index (χ3n) is 3.28. The van der Waals surface area contributed by atoms with Crippen LogP contribution in [0, 0.1) is 6.92 Å². The van der Waals surface area contributed by atoms with Crippen LogP contribution in [0.2, 0.25) is 5.02 Å². The number of Topliss-reactive ketones (excluding diaryl/α,β-unsaturated/α-hetero) is 1. The van der Waals surface area contributed by atoms with E-state index in [1.807, 2.05) is 0 Å². The largest absolute Gasteiger partial charge is 0.462 e. The van der Waals surface area contributed by atoms with E-state index in [0.717, 1.165) is 11.3 Å². The Kier molecular flexibility index (Phi) is 5.75. The summed E-state index contributed by atoms with van der Waals surface area (Å²) in [7, 11) is 0. The first-order valence-electron chi connectivity index (χ1n) is 7.23. The van der Waals surface area contributed by atoms with Crippen LogP contribution < -0.4 is 5.32 Å². The number of carbonyl (C=O) groups is 3. The fourth-order valence-corrected chi connectivity index (χ4v) is 3.37. The van der Waals surface area contributed by atoms with Gasteiger partial charge in [0.05, 0.1) is 17.0 Å². The topological polar surface area (TPSA) is 72.5 Å². The zero-order valence-corrected chi connectivity index (χ0v) is 15.0. The number of amides is 1. The molecule has 0 aliphatic carbocycles. The van der Waals surface area contributed by atoms with Crippen LogP contribution in [0.25, 0.3) is 0 Å². The normalized spacial score (nSPS) is 10.3. The van der Waals surface area contributed by atoms with Gasteiger partial charge in [0.15, 0.2) is 5.78 Å². The number of anilines is 1. The predicted octanol–water partition coefficient (Wildman–Crippen LogP) is 4.34. The lowest BCUT2D eigenvalue weighted by molar-refractivity contribution is 0.0527. The van der Waals surface area contributed by atoms with Crippen molar-refractivity contribution in [2.24, 2.45) is 0 Å². The minimum Gasteiger partial charge on any atom is -0.462 e. The van der Waals surface area contributed by atoms with Gasteiger partial charge in [0, 0.05) is 10.6 Å². The number of esters is 1. The fraction of sp³-hybridized carbons (Fsp3) is 0.235. The fourth-order valence-electron chi connectivity index (χ4n) is 2.16. The van der Waals surface area contributed by atoms with Crippen LogP contribution in [0.5, 0.6) is 0 Å². The second kappa shape index (κ2) is 7.59. The second-order valence-electron chi connectivity index (χ2n) is 5.00. The van der Waals surface area contributed by atoms with E-state index in [1.165, 1.54) is 6.92 Å². The van der Waals surface area contributed by atoms with Gasteiger partial charge in [-0.3, -0.25) is 9.59 Å². The van der Waals surface area contributed by atoms with Crippen LogP contribution in [-0.2, 0) is 4.74 Å². The molecule has 126 valence electrons. The molecule has 2 aromatic rings. The highest BCUT2D eigenvalue weighted by molar-refractivity contribution is 7.18. The number of nitrogens with one attached hydrogen (secondary N) is 1. The first-order valence-corrected chi connectivity index (χ1v) is 8.43. The van der Waals surface area contributed by atoms with E-state index in [1.54, 1.807) is 38.1 Å². The molecule has 0 unspecified atom stereocenters. The molecule has 0 saturated carbocycles. The van der Waals surface area contributed by atoms with Crippen molar-refractivity contribution in [3.05, 3.63) is 50.9 Å².